The van der Waals surface area contributed by atoms with E-state index < -0.39 is 0 Å². The van der Waals surface area contributed by atoms with Crippen LogP contribution >= 0.6 is 0 Å². The van der Waals surface area contributed by atoms with E-state index in [0.717, 1.165) is 11.4 Å². The van der Waals surface area contributed by atoms with E-state index in [-0.39, 0.29) is 11.7 Å². The van der Waals surface area contributed by atoms with E-state index in [1.54, 1.807) is 18.3 Å². The highest BCUT2D eigenvalue weighted by Gasteiger charge is 2.10. The molecule has 0 saturated heterocycles. The molecule has 0 bridgehead atoms. The number of hydrogen-bond donors (Lipinski definition) is 2. The normalized spacial score (nSPS) is 12.6. The Hall–Kier alpha value is -1.81. The van der Waals surface area contributed by atoms with E-state index in [1.807, 2.05) is 22.9 Å². The molecule has 0 aliphatic carbocycles. The Bertz CT molecular complexity index is 461. The van der Waals surface area contributed by atoms with E-state index in [2.05, 4.69) is 12.0 Å². The van der Waals surface area contributed by atoms with E-state index in [0.29, 0.717) is 6.54 Å². The summed E-state index contributed by atoms with van der Waals surface area (Å²) in [7, 11) is 0. The van der Waals surface area contributed by atoms with Crippen molar-refractivity contribution in [1.29, 1.82) is 0 Å². The smallest absolute Gasteiger partial charge is 0.115 e. The lowest BCUT2D eigenvalue weighted by Crippen LogP contribution is -2.13. The molecule has 4 heteroatoms. The van der Waals surface area contributed by atoms with Crippen molar-refractivity contribution in [2.75, 3.05) is 6.54 Å². The van der Waals surface area contributed by atoms with Gasteiger partial charge in [0.25, 0.3) is 0 Å². The molecule has 0 radical (unpaired) electrons. The van der Waals surface area contributed by atoms with Gasteiger partial charge in [0.2, 0.25) is 0 Å². The third-order valence-electron chi connectivity index (χ3n) is 2.62. The predicted molar refractivity (Wildman–Crippen MR) is 62.7 cm³/mol. The molecule has 4 nitrogen and oxygen atoms in total. The van der Waals surface area contributed by atoms with Gasteiger partial charge in [-0.1, -0.05) is 6.92 Å². The van der Waals surface area contributed by atoms with Crippen molar-refractivity contribution >= 4 is 0 Å². The fraction of sp³-hybridized carbons (Fsp3) is 0.250. The van der Waals surface area contributed by atoms with Gasteiger partial charge in [-0.15, -0.1) is 0 Å². The lowest BCUT2D eigenvalue weighted by atomic mass is 10.1. The number of hydrogen-bond acceptors (Lipinski definition) is 3. The number of phenols is 1. The third-order valence-corrected chi connectivity index (χ3v) is 2.62. The minimum absolute atomic E-state index is 0.254. The molecular formula is C12H15N3O. The first-order chi connectivity index (χ1) is 7.72. The molecule has 84 valence electrons. The number of benzene rings is 1. The molecule has 1 atom stereocenters. The lowest BCUT2D eigenvalue weighted by Gasteiger charge is -2.12. The van der Waals surface area contributed by atoms with Crippen LogP contribution in [0.4, 0.5) is 0 Å². The molecule has 0 amide bonds. The quantitative estimate of drug-likeness (QED) is 0.821. The summed E-state index contributed by atoms with van der Waals surface area (Å²) in [6.07, 6.45) is 1.76. The zero-order valence-corrected chi connectivity index (χ0v) is 9.17. The third kappa shape index (κ3) is 1.92. The minimum atomic E-state index is 0.254. The molecule has 1 aromatic carbocycles. The van der Waals surface area contributed by atoms with E-state index in [4.69, 9.17) is 5.73 Å². The molecule has 0 aliphatic rings. The predicted octanol–water partition coefficient (Wildman–Crippen LogP) is 1.64. The SMILES string of the molecule is CC(CN)c1ccnn1-c1ccc(O)cc1. The zero-order valence-electron chi connectivity index (χ0n) is 9.17. The Morgan fingerprint density at radius 3 is 2.62 bits per heavy atom. The van der Waals surface area contributed by atoms with Crippen molar-refractivity contribution in [3.63, 3.8) is 0 Å². The van der Waals surface area contributed by atoms with Crippen LogP contribution < -0.4 is 5.73 Å². The molecule has 0 spiro atoms. The number of phenolic OH excluding ortho intramolecular Hbond substituents is 1. The average molecular weight is 217 g/mol. The summed E-state index contributed by atoms with van der Waals surface area (Å²) in [4.78, 5) is 0. The number of rotatable bonds is 3. The highest BCUT2D eigenvalue weighted by Crippen LogP contribution is 2.19. The molecule has 1 heterocycles. The Balaban J connectivity index is 2.40. The van der Waals surface area contributed by atoms with E-state index in [1.165, 1.54) is 0 Å². The van der Waals surface area contributed by atoms with Crippen molar-refractivity contribution in [2.45, 2.75) is 12.8 Å². The minimum Gasteiger partial charge on any atom is -0.508 e. The summed E-state index contributed by atoms with van der Waals surface area (Å²) in [6.45, 7) is 2.65. The topological polar surface area (TPSA) is 64.1 Å². The van der Waals surface area contributed by atoms with Gasteiger partial charge in [-0.25, -0.2) is 4.68 Å². The van der Waals surface area contributed by atoms with Gasteiger partial charge in [0.15, 0.2) is 0 Å². The summed E-state index contributed by atoms with van der Waals surface area (Å²) in [6, 6.07) is 8.91. The zero-order chi connectivity index (χ0) is 11.5. The van der Waals surface area contributed by atoms with Crippen LogP contribution in [0.3, 0.4) is 0 Å². The van der Waals surface area contributed by atoms with Gasteiger partial charge in [-0.05, 0) is 30.3 Å². The standard InChI is InChI=1S/C12H15N3O/c1-9(8-13)12-6-7-14-15(12)10-2-4-11(16)5-3-10/h2-7,9,16H,8,13H2,1H3. The van der Waals surface area contributed by atoms with Crippen molar-refractivity contribution in [3.05, 3.63) is 42.2 Å². The van der Waals surface area contributed by atoms with Gasteiger partial charge in [0.05, 0.1) is 5.69 Å². The Labute approximate surface area is 94.3 Å². The number of aromatic hydroxyl groups is 1. The number of nitrogens with two attached hydrogens (primary N) is 1. The fourth-order valence-electron chi connectivity index (χ4n) is 1.62. The highest BCUT2D eigenvalue weighted by atomic mass is 16.3. The molecule has 1 unspecified atom stereocenters. The second-order valence-electron chi connectivity index (χ2n) is 3.82. The van der Waals surface area contributed by atoms with Crippen LogP contribution in [-0.4, -0.2) is 21.4 Å². The largest absolute Gasteiger partial charge is 0.508 e. The van der Waals surface area contributed by atoms with Crippen LogP contribution in [0.15, 0.2) is 36.5 Å². The average Bonchev–Trinajstić information content (AvgIpc) is 2.78. The maximum atomic E-state index is 9.23. The Kier molecular flexibility index (Phi) is 2.92. The molecule has 0 aliphatic heterocycles. The first kappa shape index (κ1) is 10.7. The fourth-order valence-corrected chi connectivity index (χ4v) is 1.62. The maximum Gasteiger partial charge on any atom is 0.115 e. The van der Waals surface area contributed by atoms with E-state index >= 15 is 0 Å². The van der Waals surface area contributed by atoms with Gasteiger partial charge in [0.1, 0.15) is 5.75 Å². The van der Waals surface area contributed by atoms with Crippen LogP contribution in [0.5, 0.6) is 5.75 Å². The van der Waals surface area contributed by atoms with Crippen LogP contribution in [-0.2, 0) is 0 Å². The van der Waals surface area contributed by atoms with Crippen LogP contribution in [0, 0.1) is 0 Å². The molecular weight excluding hydrogens is 202 g/mol. The molecule has 16 heavy (non-hydrogen) atoms. The number of aromatic nitrogens is 2. The lowest BCUT2D eigenvalue weighted by molar-refractivity contribution is 0.475. The van der Waals surface area contributed by atoms with Crippen molar-refractivity contribution in [2.24, 2.45) is 5.73 Å². The summed E-state index contributed by atoms with van der Waals surface area (Å²) in [5.41, 5.74) is 7.66. The van der Waals surface area contributed by atoms with Gasteiger partial charge in [-0.2, -0.15) is 5.10 Å². The molecule has 2 aromatic rings. The van der Waals surface area contributed by atoms with Crippen molar-refractivity contribution < 1.29 is 5.11 Å². The molecule has 0 saturated carbocycles. The second-order valence-corrected chi connectivity index (χ2v) is 3.82. The highest BCUT2D eigenvalue weighted by molar-refractivity contribution is 5.37. The summed E-state index contributed by atoms with van der Waals surface area (Å²) < 4.78 is 1.84. The first-order valence-electron chi connectivity index (χ1n) is 5.25. The second kappa shape index (κ2) is 4.37. The summed E-state index contributed by atoms with van der Waals surface area (Å²) in [5.74, 6) is 0.514. The molecule has 2 rings (SSSR count). The molecule has 3 N–H and O–H groups in total. The van der Waals surface area contributed by atoms with Crippen LogP contribution in [0.25, 0.3) is 5.69 Å². The Morgan fingerprint density at radius 2 is 2.00 bits per heavy atom. The Morgan fingerprint density at radius 1 is 1.31 bits per heavy atom. The maximum absolute atomic E-state index is 9.23. The molecule has 0 fully saturated rings. The number of nitrogens with zero attached hydrogens (tertiary/aromatic N) is 2. The first-order valence-corrected chi connectivity index (χ1v) is 5.25. The van der Waals surface area contributed by atoms with Crippen molar-refractivity contribution in [1.82, 2.24) is 9.78 Å². The van der Waals surface area contributed by atoms with E-state index in [9.17, 15) is 5.11 Å². The van der Waals surface area contributed by atoms with Gasteiger partial charge >= 0.3 is 0 Å². The van der Waals surface area contributed by atoms with Crippen molar-refractivity contribution in [3.8, 4) is 11.4 Å². The van der Waals surface area contributed by atoms with Crippen LogP contribution in [0.1, 0.15) is 18.5 Å². The van der Waals surface area contributed by atoms with Gasteiger partial charge in [-0.3, -0.25) is 0 Å². The van der Waals surface area contributed by atoms with Gasteiger partial charge in [0, 0.05) is 24.4 Å². The molecule has 1 aromatic heterocycles. The summed E-state index contributed by atoms with van der Waals surface area (Å²) >= 11 is 0. The summed E-state index contributed by atoms with van der Waals surface area (Å²) in [5, 5.41) is 13.5. The monoisotopic (exact) mass is 217 g/mol. The van der Waals surface area contributed by atoms with Gasteiger partial charge < -0.3 is 10.8 Å². The van der Waals surface area contributed by atoms with Crippen LogP contribution in [0.2, 0.25) is 0 Å².